The third-order valence-electron chi connectivity index (χ3n) is 2.98. The second-order valence-electron chi connectivity index (χ2n) is 4.34. The Morgan fingerprint density at radius 1 is 1.30 bits per heavy atom. The Kier molecular flexibility index (Phi) is 5.02. The molecule has 20 heavy (non-hydrogen) atoms. The summed E-state index contributed by atoms with van der Waals surface area (Å²) in [5.74, 6) is 0.193. The number of aliphatic hydroxyl groups excluding tert-OH is 1. The van der Waals surface area contributed by atoms with E-state index in [0.29, 0.717) is 21.9 Å². The lowest BCUT2D eigenvalue weighted by Crippen LogP contribution is -2.05. The van der Waals surface area contributed by atoms with Gasteiger partial charge >= 0.3 is 0 Å². The first-order chi connectivity index (χ1) is 9.51. The molecule has 0 aliphatic rings. The molecule has 0 saturated heterocycles. The van der Waals surface area contributed by atoms with Gasteiger partial charge in [-0.05, 0) is 35.9 Å². The van der Waals surface area contributed by atoms with Gasteiger partial charge in [-0.3, -0.25) is 0 Å². The van der Waals surface area contributed by atoms with E-state index in [1.54, 1.807) is 12.1 Å². The van der Waals surface area contributed by atoms with Crippen LogP contribution in [-0.4, -0.2) is 12.2 Å². The Balaban J connectivity index is 2.28. The van der Waals surface area contributed by atoms with E-state index in [0.717, 1.165) is 4.47 Å². The van der Waals surface area contributed by atoms with Crippen molar-refractivity contribution in [1.29, 1.82) is 0 Å². The highest BCUT2D eigenvalue weighted by Crippen LogP contribution is 2.31. The van der Waals surface area contributed by atoms with Crippen LogP contribution in [-0.2, 0) is 6.42 Å². The molecule has 2 aromatic carbocycles. The highest BCUT2D eigenvalue weighted by Gasteiger charge is 2.16. The van der Waals surface area contributed by atoms with Crippen molar-refractivity contribution in [3.63, 3.8) is 0 Å². The molecule has 0 aromatic heterocycles. The molecule has 2 nitrogen and oxygen atoms in total. The number of rotatable bonds is 4. The van der Waals surface area contributed by atoms with Crippen molar-refractivity contribution in [2.75, 3.05) is 7.11 Å². The Hall–Kier alpha value is -1.10. The average Bonchev–Trinajstić information content (AvgIpc) is 2.42. The Morgan fingerprint density at radius 2 is 2.05 bits per heavy atom. The quantitative estimate of drug-likeness (QED) is 0.869. The standard InChI is InChI=1S/C15H13BrClFO2/c1-20-15-8-10(16)2-4-12(15)14(19)7-9-6-11(18)3-5-13(9)17/h2-6,8,14,19H,7H2,1H3. The van der Waals surface area contributed by atoms with Gasteiger partial charge in [0.25, 0.3) is 0 Å². The molecular weight excluding hydrogens is 347 g/mol. The summed E-state index contributed by atoms with van der Waals surface area (Å²) in [6, 6.07) is 9.45. The molecule has 1 atom stereocenters. The number of halogens is 3. The van der Waals surface area contributed by atoms with E-state index in [1.165, 1.54) is 25.3 Å². The summed E-state index contributed by atoms with van der Waals surface area (Å²) in [7, 11) is 1.53. The maximum absolute atomic E-state index is 13.2. The van der Waals surface area contributed by atoms with E-state index in [4.69, 9.17) is 16.3 Å². The van der Waals surface area contributed by atoms with Crippen molar-refractivity contribution in [2.24, 2.45) is 0 Å². The second kappa shape index (κ2) is 6.57. The van der Waals surface area contributed by atoms with Gasteiger partial charge < -0.3 is 9.84 Å². The maximum Gasteiger partial charge on any atom is 0.125 e. The van der Waals surface area contributed by atoms with Crippen LogP contribution in [0.15, 0.2) is 40.9 Å². The zero-order chi connectivity index (χ0) is 14.7. The molecule has 1 unspecified atom stereocenters. The minimum atomic E-state index is -0.822. The van der Waals surface area contributed by atoms with Crippen LogP contribution in [0.4, 0.5) is 4.39 Å². The number of aliphatic hydroxyl groups is 1. The van der Waals surface area contributed by atoms with E-state index < -0.39 is 6.10 Å². The van der Waals surface area contributed by atoms with Gasteiger partial charge in [0.15, 0.2) is 0 Å². The van der Waals surface area contributed by atoms with Crippen molar-refractivity contribution in [1.82, 2.24) is 0 Å². The van der Waals surface area contributed by atoms with Gasteiger partial charge in [-0.15, -0.1) is 0 Å². The lowest BCUT2D eigenvalue weighted by molar-refractivity contribution is 0.174. The summed E-state index contributed by atoms with van der Waals surface area (Å²) in [5.41, 5.74) is 1.19. The van der Waals surface area contributed by atoms with Crippen LogP contribution >= 0.6 is 27.5 Å². The summed E-state index contributed by atoms with van der Waals surface area (Å²) in [5, 5.41) is 10.7. The van der Waals surface area contributed by atoms with E-state index in [-0.39, 0.29) is 12.2 Å². The molecule has 0 amide bonds. The van der Waals surface area contributed by atoms with E-state index >= 15 is 0 Å². The summed E-state index contributed by atoms with van der Waals surface area (Å²) >= 11 is 9.35. The zero-order valence-corrected chi connectivity index (χ0v) is 13.1. The molecule has 0 aliphatic carbocycles. The van der Waals surface area contributed by atoms with Crippen molar-refractivity contribution >= 4 is 27.5 Å². The molecule has 0 heterocycles. The highest BCUT2D eigenvalue weighted by molar-refractivity contribution is 9.10. The third-order valence-corrected chi connectivity index (χ3v) is 3.84. The van der Waals surface area contributed by atoms with Crippen LogP contribution in [0.25, 0.3) is 0 Å². The van der Waals surface area contributed by atoms with Gasteiger partial charge in [0.2, 0.25) is 0 Å². The fourth-order valence-corrected chi connectivity index (χ4v) is 2.51. The van der Waals surface area contributed by atoms with Crippen molar-refractivity contribution < 1.29 is 14.2 Å². The highest BCUT2D eigenvalue weighted by atomic mass is 79.9. The molecule has 0 bridgehead atoms. The maximum atomic E-state index is 13.2. The van der Waals surface area contributed by atoms with E-state index in [1.807, 2.05) is 6.07 Å². The minimum Gasteiger partial charge on any atom is -0.496 e. The SMILES string of the molecule is COc1cc(Br)ccc1C(O)Cc1cc(F)ccc1Cl. The summed E-state index contributed by atoms with van der Waals surface area (Å²) in [6.07, 6.45) is -0.605. The molecule has 1 N–H and O–H groups in total. The Morgan fingerprint density at radius 3 is 2.75 bits per heavy atom. The normalized spacial score (nSPS) is 12.2. The molecule has 0 fully saturated rings. The number of benzene rings is 2. The topological polar surface area (TPSA) is 29.5 Å². The number of methoxy groups -OCH3 is 1. The van der Waals surface area contributed by atoms with Crippen LogP contribution in [0.3, 0.4) is 0 Å². The first kappa shape index (κ1) is 15.3. The molecule has 0 radical (unpaired) electrons. The third kappa shape index (κ3) is 3.51. The van der Waals surface area contributed by atoms with Gasteiger partial charge in [-0.1, -0.05) is 33.6 Å². The van der Waals surface area contributed by atoms with Gasteiger partial charge in [0, 0.05) is 21.5 Å². The second-order valence-corrected chi connectivity index (χ2v) is 5.66. The lowest BCUT2D eigenvalue weighted by Gasteiger charge is -2.16. The summed E-state index contributed by atoms with van der Waals surface area (Å²) in [6.45, 7) is 0. The number of hydrogen-bond donors (Lipinski definition) is 1. The Bertz CT molecular complexity index is 619. The van der Waals surface area contributed by atoms with E-state index in [9.17, 15) is 9.50 Å². The van der Waals surface area contributed by atoms with Crippen LogP contribution in [0.5, 0.6) is 5.75 Å². The first-order valence-corrected chi connectivity index (χ1v) is 7.14. The fourth-order valence-electron chi connectivity index (χ4n) is 1.98. The predicted molar refractivity (Wildman–Crippen MR) is 80.8 cm³/mol. The number of hydrogen-bond acceptors (Lipinski definition) is 2. The Labute approximate surface area is 130 Å². The van der Waals surface area contributed by atoms with Gasteiger partial charge in [-0.2, -0.15) is 0 Å². The molecule has 5 heteroatoms. The van der Waals surface area contributed by atoms with Gasteiger partial charge in [0.05, 0.1) is 13.2 Å². The largest absolute Gasteiger partial charge is 0.496 e. The van der Waals surface area contributed by atoms with Gasteiger partial charge in [-0.25, -0.2) is 4.39 Å². The molecule has 2 aromatic rings. The number of ether oxygens (including phenoxy) is 1. The predicted octanol–water partition coefficient (Wildman–Crippen LogP) is 4.53. The molecule has 2 rings (SSSR count). The zero-order valence-electron chi connectivity index (χ0n) is 10.7. The van der Waals surface area contributed by atoms with Crippen LogP contribution in [0.2, 0.25) is 5.02 Å². The van der Waals surface area contributed by atoms with E-state index in [2.05, 4.69) is 15.9 Å². The smallest absolute Gasteiger partial charge is 0.125 e. The van der Waals surface area contributed by atoms with Crippen molar-refractivity contribution in [3.8, 4) is 5.75 Å². The van der Waals surface area contributed by atoms with Crippen molar-refractivity contribution in [3.05, 3.63) is 62.8 Å². The van der Waals surface area contributed by atoms with Crippen LogP contribution in [0, 0.1) is 5.82 Å². The molecule has 0 aliphatic heterocycles. The van der Waals surface area contributed by atoms with Crippen LogP contribution < -0.4 is 4.74 Å². The van der Waals surface area contributed by atoms with Gasteiger partial charge in [0.1, 0.15) is 11.6 Å². The molecule has 0 saturated carbocycles. The monoisotopic (exact) mass is 358 g/mol. The van der Waals surface area contributed by atoms with Crippen LogP contribution in [0.1, 0.15) is 17.2 Å². The minimum absolute atomic E-state index is 0.217. The molecular formula is C15H13BrClFO2. The summed E-state index contributed by atoms with van der Waals surface area (Å²) < 4.78 is 19.3. The molecule has 0 spiro atoms. The summed E-state index contributed by atoms with van der Waals surface area (Å²) in [4.78, 5) is 0. The molecule has 106 valence electrons. The lowest BCUT2D eigenvalue weighted by atomic mass is 10.0. The van der Waals surface area contributed by atoms with Crippen molar-refractivity contribution in [2.45, 2.75) is 12.5 Å². The first-order valence-electron chi connectivity index (χ1n) is 5.96. The fraction of sp³-hybridized carbons (Fsp3) is 0.200. The average molecular weight is 360 g/mol.